The third-order valence-electron chi connectivity index (χ3n) is 3.81. The molecule has 20 heavy (non-hydrogen) atoms. The van der Waals surface area contributed by atoms with Crippen LogP contribution >= 0.6 is 11.6 Å². The smallest absolute Gasteiger partial charge is 0.243 e. The Balaban J connectivity index is 2.02. The van der Waals surface area contributed by atoms with E-state index in [4.69, 9.17) is 11.6 Å². The van der Waals surface area contributed by atoms with Gasteiger partial charge in [-0.2, -0.15) is 4.31 Å². The minimum atomic E-state index is -3.40. The van der Waals surface area contributed by atoms with Crippen LogP contribution in [0.2, 0.25) is 5.02 Å². The molecule has 0 saturated carbocycles. The summed E-state index contributed by atoms with van der Waals surface area (Å²) >= 11 is 5.88. The quantitative estimate of drug-likeness (QED) is 0.907. The number of rotatable bonds is 5. The minimum absolute atomic E-state index is 0.290. The molecule has 4 nitrogen and oxygen atoms in total. The van der Waals surface area contributed by atoms with Crippen molar-refractivity contribution in [2.45, 2.75) is 24.2 Å². The highest BCUT2D eigenvalue weighted by Gasteiger charge is 2.29. The molecule has 1 heterocycles. The largest absolute Gasteiger partial charge is 0.320 e. The maximum absolute atomic E-state index is 12.5. The number of piperidine rings is 1. The maximum atomic E-state index is 12.5. The van der Waals surface area contributed by atoms with E-state index in [-0.39, 0.29) is 0 Å². The van der Waals surface area contributed by atoms with Crippen molar-refractivity contribution in [2.24, 2.45) is 5.92 Å². The number of nitrogens with zero attached hydrogens (tertiary/aromatic N) is 1. The number of halogens is 1. The van der Waals surface area contributed by atoms with Crippen LogP contribution in [-0.2, 0) is 10.0 Å². The van der Waals surface area contributed by atoms with Crippen molar-refractivity contribution in [2.75, 3.05) is 26.7 Å². The van der Waals surface area contributed by atoms with E-state index in [9.17, 15) is 8.42 Å². The standard InChI is InChI=1S/C14H21ClN2O2S/c1-16-8-5-12-6-9-17(10-7-12)20(18,19)14-4-2-3-13(15)11-14/h2-4,11-12,16H,5-10H2,1H3. The van der Waals surface area contributed by atoms with Crippen LogP contribution in [0.25, 0.3) is 0 Å². The Labute approximate surface area is 126 Å². The number of hydrogen-bond acceptors (Lipinski definition) is 3. The summed E-state index contributed by atoms with van der Waals surface area (Å²) < 4.78 is 26.6. The van der Waals surface area contributed by atoms with Crippen molar-refractivity contribution in [1.82, 2.24) is 9.62 Å². The van der Waals surface area contributed by atoms with Gasteiger partial charge in [0.1, 0.15) is 0 Å². The molecule has 0 amide bonds. The van der Waals surface area contributed by atoms with Crippen LogP contribution in [0.15, 0.2) is 29.2 Å². The lowest BCUT2D eigenvalue weighted by molar-refractivity contribution is 0.263. The van der Waals surface area contributed by atoms with Crippen molar-refractivity contribution in [3.8, 4) is 0 Å². The molecular formula is C14H21ClN2O2S. The molecule has 1 aliphatic heterocycles. The first-order valence-corrected chi connectivity index (χ1v) is 8.76. The van der Waals surface area contributed by atoms with Crippen LogP contribution in [-0.4, -0.2) is 39.4 Å². The summed E-state index contributed by atoms with van der Waals surface area (Å²) in [6, 6.07) is 6.48. The third-order valence-corrected chi connectivity index (χ3v) is 5.94. The fourth-order valence-electron chi connectivity index (χ4n) is 2.56. The molecule has 2 rings (SSSR count). The Morgan fingerprint density at radius 1 is 1.35 bits per heavy atom. The third kappa shape index (κ3) is 3.73. The van der Waals surface area contributed by atoms with Crippen molar-refractivity contribution < 1.29 is 8.42 Å². The van der Waals surface area contributed by atoms with Gasteiger partial charge in [-0.25, -0.2) is 8.42 Å². The molecule has 1 saturated heterocycles. The zero-order valence-electron chi connectivity index (χ0n) is 11.7. The van der Waals surface area contributed by atoms with Crippen LogP contribution in [0, 0.1) is 5.92 Å². The van der Waals surface area contributed by atoms with E-state index in [0.29, 0.717) is 28.9 Å². The van der Waals surface area contributed by atoms with Crippen LogP contribution < -0.4 is 5.32 Å². The summed E-state index contributed by atoms with van der Waals surface area (Å²) in [6.07, 6.45) is 2.98. The molecule has 112 valence electrons. The first kappa shape index (κ1) is 15.8. The Bertz CT molecular complexity index is 540. The zero-order chi connectivity index (χ0) is 14.6. The number of benzene rings is 1. The second-order valence-electron chi connectivity index (χ2n) is 5.20. The highest BCUT2D eigenvalue weighted by Crippen LogP contribution is 2.26. The first-order chi connectivity index (χ1) is 9.54. The normalized spacial score (nSPS) is 18.3. The van der Waals surface area contributed by atoms with Crippen molar-refractivity contribution in [3.05, 3.63) is 29.3 Å². The Morgan fingerprint density at radius 3 is 2.65 bits per heavy atom. The molecule has 1 fully saturated rings. The van der Waals surface area contributed by atoms with E-state index in [1.807, 2.05) is 7.05 Å². The van der Waals surface area contributed by atoms with Gasteiger partial charge in [0, 0.05) is 18.1 Å². The minimum Gasteiger partial charge on any atom is -0.320 e. The molecule has 0 atom stereocenters. The highest BCUT2D eigenvalue weighted by atomic mass is 35.5. The van der Waals surface area contributed by atoms with Gasteiger partial charge in [-0.3, -0.25) is 0 Å². The molecule has 1 N–H and O–H groups in total. The Hall–Kier alpha value is -0.620. The van der Waals surface area contributed by atoms with Crippen molar-refractivity contribution in [1.29, 1.82) is 0 Å². The van der Waals surface area contributed by atoms with E-state index in [2.05, 4.69) is 5.32 Å². The lowest BCUT2D eigenvalue weighted by Gasteiger charge is -2.31. The van der Waals surface area contributed by atoms with Crippen molar-refractivity contribution >= 4 is 21.6 Å². The molecule has 1 aromatic carbocycles. The second kappa shape index (κ2) is 6.89. The number of hydrogen-bond donors (Lipinski definition) is 1. The summed E-state index contributed by atoms with van der Waals surface area (Å²) in [7, 11) is -1.45. The molecule has 6 heteroatoms. The Kier molecular flexibility index (Phi) is 5.43. The van der Waals surface area contributed by atoms with E-state index in [1.165, 1.54) is 6.07 Å². The lowest BCUT2D eigenvalue weighted by Crippen LogP contribution is -2.38. The molecule has 1 aromatic rings. The van der Waals surface area contributed by atoms with Gasteiger partial charge >= 0.3 is 0 Å². The number of sulfonamides is 1. The van der Waals surface area contributed by atoms with Gasteiger partial charge in [0.2, 0.25) is 10.0 Å². The monoisotopic (exact) mass is 316 g/mol. The molecular weight excluding hydrogens is 296 g/mol. The zero-order valence-corrected chi connectivity index (χ0v) is 13.3. The van der Waals surface area contributed by atoms with E-state index < -0.39 is 10.0 Å². The number of nitrogens with one attached hydrogen (secondary N) is 1. The van der Waals surface area contributed by atoms with Crippen molar-refractivity contribution in [3.63, 3.8) is 0 Å². The molecule has 1 aliphatic rings. The maximum Gasteiger partial charge on any atom is 0.243 e. The van der Waals surface area contributed by atoms with Gasteiger partial charge < -0.3 is 5.32 Å². The topological polar surface area (TPSA) is 49.4 Å². The highest BCUT2D eigenvalue weighted by molar-refractivity contribution is 7.89. The van der Waals surface area contributed by atoms with E-state index in [1.54, 1.807) is 22.5 Å². The molecule has 0 radical (unpaired) electrons. The van der Waals surface area contributed by atoms with Gasteiger partial charge in [0.25, 0.3) is 0 Å². The predicted molar refractivity (Wildman–Crippen MR) is 81.5 cm³/mol. The fraction of sp³-hybridized carbons (Fsp3) is 0.571. The Morgan fingerprint density at radius 2 is 2.05 bits per heavy atom. The van der Waals surface area contributed by atoms with Gasteiger partial charge in [0.05, 0.1) is 4.90 Å². The summed E-state index contributed by atoms with van der Waals surface area (Å²) in [5, 5.41) is 3.60. The summed E-state index contributed by atoms with van der Waals surface area (Å²) in [5.41, 5.74) is 0. The van der Waals surface area contributed by atoms with Crippen LogP contribution in [0.1, 0.15) is 19.3 Å². The first-order valence-electron chi connectivity index (χ1n) is 6.94. The predicted octanol–water partition coefficient (Wildman–Crippen LogP) is 2.35. The SMILES string of the molecule is CNCCC1CCN(S(=O)(=O)c2cccc(Cl)c2)CC1. The van der Waals surface area contributed by atoms with Gasteiger partial charge in [-0.15, -0.1) is 0 Å². The average molecular weight is 317 g/mol. The second-order valence-corrected chi connectivity index (χ2v) is 7.57. The fourth-order valence-corrected chi connectivity index (χ4v) is 4.33. The lowest BCUT2D eigenvalue weighted by atomic mass is 9.95. The molecule has 0 spiro atoms. The van der Waals surface area contributed by atoms with E-state index >= 15 is 0 Å². The van der Waals surface area contributed by atoms with Crippen LogP contribution in [0.4, 0.5) is 0 Å². The van der Waals surface area contributed by atoms with Crippen LogP contribution in [0.5, 0.6) is 0 Å². The van der Waals surface area contributed by atoms with Crippen LogP contribution in [0.3, 0.4) is 0 Å². The molecule has 0 aliphatic carbocycles. The molecule has 0 bridgehead atoms. The summed E-state index contributed by atoms with van der Waals surface area (Å²) in [4.78, 5) is 0.290. The average Bonchev–Trinajstić information content (AvgIpc) is 2.45. The molecule has 0 unspecified atom stereocenters. The summed E-state index contributed by atoms with van der Waals surface area (Å²) in [5.74, 6) is 0.619. The van der Waals surface area contributed by atoms with Gasteiger partial charge in [-0.05, 0) is 57.0 Å². The van der Waals surface area contributed by atoms with Gasteiger partial charge in [0.15, 0.2) is 0 Å². The molecule has 0 aromatic heterocycles. The summed E-state index contributed by atoms with van der Waals surface area (Å²) in [6.45, 7) is 2.19. The van der Waals surface area contributed by atoms with E-state index in [0.717, 1.165) is 25.8 Å². The van der Waals surface area contributed by atoms with Gasteiger partial charge in [-0.1, -0.05) is 17.7 Å².